The molecule has 0 aromatic heterocycles. The van der Waals surface area contributed by atoms with Crippen LogP contribution in [0, 0.1) is 12.3 Å². The maximum atomic E-state index is 11.0. The van der Waals surface area contributed by atoms with E-state index in [0.29, 0.717) is 19.6 Å². The predicted octanol–water partition coefficient (Wildman–Crippen LogP) is 1.82. The third kappa shape index (κ3) is 10.4. The van der Waals surface area contributed by atoms with Gasteiger partial charge in [0.25, 0.3) is 0 Å². The van der Waals surface area contributed by atoms with E-state index in [1.165, 1.54) is 0 Å². The van der Waals surface area contributed by atoms with Crippen LogP contribution >= 0.6 is 7.92 Å². The monoisotopic (exact) mass is 262 g/mol. The SMILES string of the molecule is C#CC(=O)CCP(CCCOO)CCCOO. The fourth-order valence-electron chi connectivity index (χ4n) is 1.37. The molecule has 0 bridgehead atoms. The third-order valence-corrected chi connectivity index (χ3v) is 4.99. The molecule has 0 radical (unpaired) electrons. The molecule has 0 aliphatic rings. The molecule has 2 N–H and O–H groups in total. The first kappa shape index (κ1) is 16.5. The summed E-state index contributed by atoms with van der Waals surface area (Å²) in [5, 5.41) is 16.4. The van der Waals surface area contributed by atoms with E-state index in [2.05, 4.69) is 15.7 Å². The Balaban J connectivity index is 3.84. The van der Waals surface area contributed by atoms with Crippen molar-refractivity contribution in [1.82, 2.24) is 0 Å². The first-order valence-electron chi connectivity index (χ1n) is 5.49. The lowest BCUT2D eigenvalue weighted by atomic mass is 10.3. The van der Waals surface area contributed by atoms with Gasteiger partial charge in [-0.05, 0) is 37.2 Å². The Morgan fingerprint density at radius 3 is 2.06 bits per heavy atom. The van der Waals surface area contributed by atoms with E-state index in [9.17, 15) is 4.79 Å². The molecule has 0 aromatic rings. The van der Waals surface area contributed by atoms with Crippen LogP contribution in [-0.2, 0) is 14.6 Å². The second-order valence-corrected chi connectivity index (χ2v) is 6.22. The molecule has 0 atom stereocenters. The molecule has 0 rings (SSSR count). The zero-order valence-corrected chi connectivity index (χ0v) is 10.7. The van der Waals surface area contributed by atoms with E-state index < -0.39 is 0 Å². The molecule has 0 aliphatic heterocycles. The molecule has 6 heteroatoms. The lowest BCUT2D eigenvalue weighted by Gasteiger charge is -2.16. The first-order valence-corrected chi connectivity index (χ1v) is 7.38. The van der Waals surface area contributed by atoms with Gasteiger partial charge in [-0.2, -0.15) is 0 Å². The van der Waals surface area contributed by atoms with Gasteiger partial charge in [-0.3, -0.25) is 15.3 Å². The molecule has 0 spiro atoms. The molecule has 0 fully saturated rings. The molecular formula is C11H19O5P. The van der Waals surface area contributed by atoms with Crippen LogP contribution in [0.4, 0.5) is 0 Å². The standard InChI is InChI=1S/C11H19O5P/c1-2-11(12)5-10-17(8-3-6-15-13)9-4-7-16-14/h1,13-14H,3-10H2. The van der Waals surface area contributed by atoms with Crippen molar-refractivity contribution in [3.05, 3.63) is 0 Å². The van der Waals surface area contributed by atoms with Gasteiger partial charge in [0, 0.05) is 6.42 Å². The summed E-state index contributed by atoms with van der Waals surface area (Å²) in [7, 11) is -0.321. The van der Waals surface area contributed by atoms with Crippen LogP contribution in [-0.4, -0.2) is 48.0 Å². The molecule has 0 saturated heterocycles. The van der Waals surface area contributed by atoms with Crippen molar-refractivity contribution in [3.8, 4) is 12.3 Å². The molecule has 0 heterocycles. The Morgan fingerprint density at radius 1 is 1.12 bits per heavy atom. The summed E-state index contributed by atoms with van der Waals surface area (Å²) in [4.78, 5) is 19.0. The van der Waals surface area contributed by atoms with Crippen molar-refractivity contribution in [2.24, 2.45) is 0 Å². The smallest absolute Gasteiger partial charge is 0.205 e. The summed E-state index contributed by atoms with van der Waals surface area (Å²) in [5.74, 6) is 1.92. The van der Waals surface area contributed by atoms with Crippen LogP contribution < -0.4 is 0 Å². The number of carbonyl (C=O) groups is 1. The van der Waals surface area contributed by atoms with Crippen LogP contribution in [0.15, 0.2) is 0 Å². The molecular weight excluding hydrogens is 243 g/mol. The molecule has 0 aliphatic carbocycles. The largest absolute Gasteiger partial charge is 0.285 e. The van der Waals surface area contributed by atoms with Crippen molar-refractivity contribution in [3.63, 3.8) is 0 Å². The highest BCUT2D eigenvalue weighted by Gasteiger charge is 2.09. The lowest BCUT2D eigenvalue weighted by molar-refractivity contribution is -0.241. The average molecular weight is 262 g/mol. The van der Waals surface area contributed by atoms with Gasteiger partial charge in [-0.15, -0.1) is 14.3 Å². The molecule has 0 amide bonds. The van der Waals surface area contributed by atoms with E-state index in [1.807, 2.05) is 0 Å². The van der Waals surface area contributed by atoms with Crippen molar-refractivity contribution >= 4 is 13.7 Å². The predicted molar refractivity (Wildman–Crippen MR) is 66.4 cm³/mol. The molecule has 17 heavy (non-hydrogen) atoms. The summed E-state index contributed by atoms with van der Waals surface area (Å²) in [6, 6.07) is 0. The third-order valence-electron chi connectivity index (χ3n) is 2.24. The van der Waals surface area contributed by atoms with Gasteiger partial charge >= 0.3 is 0 Å². The number of carbonyl (C=O) groups excluding carboxylic acids is 1. The quantitative estimate of drug-likeness (QED) is 0.148. The fraction of sp³-hybridized carbons (Fsp3) is 0.727. The summed E-state index contributed by atoms with van der Waals surface area (Å²) < 4.78 is 0. The minimum atomic E-state index is -0.321. The summed E-state index contributed by atoms with van der Waals surface area (Å²) in [5.41, 5.74) is 0. The van der Waals surface area contributed by atoms with E-state index in [1.54, 1.807) is 0 Å². The van der Waals surface area contributed by atoms with Crippen LogP contribution in [0.5, 0.6) is 0 Å². The highest BCUT2D eigenvalue weighted by Crippen LogP contribution is 2.37. The highest BCUT2D eigenvalue weighted by atomic mass is 31.1. The lowest BCUT2D eigenvalue weighted by Crippen LogP contribution is -2.04. The van der Waals surface area contributed by atoms with Gasteiger partial charge in [0.1, 0.15) is 0 Å². The molecule has 0 aromatic carbocycles. The van der Waals surface area contributed by atoms with Gasteiger partial charge in [0.2, 0.25) is 5.78 Å². The summed E-state index contributed by atoms with van der Waals surface area (Å²) in [6.07, 6.45) is 9.54. The number of terminal acetylenes is 1. The minimum absolute atomic E-state index is 0.172. The van der Waals surface area contributed by atoms with Crippen LogP contribution in [0.3, 0.4) is 0 Å². The second kappa shape index (κ2) is 12.0. The average Bonchev–Trinajstić information content (AvgIpc) is 2.35. The van der Waals surface area contributed by atoms with Gasteiger partial charge in [0.15, 0.2) is 0 Å². The van der Waals surface area contributed by atoms with Crippen LogP contribution in [0.2, 0.25) is 0 Å². The first-order chi connectivity index (χ1) is 8.24. The molecule has 98 valence electrons. The van der Waals surface area contributed by atoms with Crippen LogP contribution in [0.1, 0.15) is 19.3 Å². The maximum absolute atomic E-state index is 11.0. The van der Waals surface area contributed by atoms with Crippen molar-refractivity contribution in [2.75, 3.05) is 31.7 Å². The number of Topliss-reactive ketones (excluding diaryl/α,β-unsaturated/α-hetero) is 1. The van der Waals surface area contributed by atoms with Crippen molar-refractivity contribution in [1.29, 1.82) is 0 Å². The van der Waals surface area contributed by atoms with Crippen molar-refractivity contribution < 1.29 is 25.1 Å². The minimum Gasteiger partial charge on any atom is -0.285 e. The van der Waals surface area contributed by atoms with Crippen molar-refractivity contribution in [2.45, 2.75) is 19.3 Å². The fourth-order valence-corrected chi connectivity index (χ4v) is 3.72. The van der Waals surface area contributed by atoms with E-state index >= 15 is 0 Å². The number of hydrogen-bond donors (Lipinski definition) is 2. The Labute approximate surface area is 103 Å². The topological polar surface area (TPSA) is 76.0 Å². The van der Waals surface area contributed by atoms with Gasteiger partial charge in [-0.1, -0.05) is 0 Å². The normalized spacial score (nSPS) is 10.5. The maximum Gasteiger partial charge on any atom is 0.205 e. The Kier molecular flexibility index (Phi) is 11.6. The Morgan fingerprint density at radius 2 is 1.65 bits per heavy atom. The zero-order chi connectivity index (χ0) is 12.9. The van der Waals surface area contributed by atoms with Gasteiger partial charge in [0.05, 0.1) is 13.2 Å². The molecule has 5 nitrogen and oxygen atoms in total. The second-order valence-electron chi connectivity index (χ2n) is 3.53. The number of ketones is 1. The molecule has 0 saturated carbocycles. The Hall–Kier alpha value is -0.500. The molecule has 0 unspecified atom stereocenters. The van der Waals surface area contributed by atoms with E-state index in [4.69, 9.17) is 16.9 Å². The summed E-state index contributed by atoms with van der Waals surface area (Å²) >= 11 is 0. The van der Waals surface area contributed by atoms with E-state index in [0.717, 1.165) is 31.3 Å². The van der Waals surface area contributed by atoms with E-state index in [-0.39, 0.29) is 13.7 Å². The van der Waals surface area contributed by atoms with Gasteiger partial charge in [-0.25, -0.2) is 9.78 Å². The number of hydrogen-bond acceptors (Lipinski definition) is 5. The highest BCUT2D eigenvalue weighted by molar-refractivity contribution is 7.57. The zero-order valence-electron chi connectivity index (χ0n) is 9.80. The Bertz CT molecular complexity index is 229. The number of rotatable bonds is 11. The van der Waals surface area contributed by atoms with Gasteiger partial charge < -0.3 is 0 Å². The van der Waals surface area contributed by atoms with Crippen LogP contribution in [0.25, 0.3) is 0 Å². The summed E-state index contributed by atoms with van der Waals surface area (Å²) in [6.45, 7) is 0.608.